The molecule has 1 aromatic heterocycles. The lowest BCUT2D eigenvalue weighted by Gasteiger charge is -2.11. The van der Waals surface area contributed by atoms with Gasteiger partial charge in [-0.15, -0.1) is 0 Å². The molecular formula is C18H16O2. The Morgan fingerprint density at radius 3 is 2.20 bits per heavy atom. The zero-order valence-corrected chi connectivity index (χ0v) is 11.1. The van der Waals surface area contributed by atoms with Crippen molar-refractivity contribution in [1.29, 1.82) is 0 Å². The maximum atomic E-state index is 10.5. The molecule has 1 heterocycles. The Morgan fingerprint density at radius 1 is 0.850 bits per heavy atom. The molecule has 1 unspecified atom stereocenters. The summed E-state index contributed by atoms with van der Waals surface area (Å²) in [6, 6.07) is 19.8. The topological polar surface area (TPSA) is 33.4 Å². The molecule has 0 amide bonds. The van der Waals surface area contributed by atoms with Crippen LogP contribution in [0.25, 0.3) is 0 Å². The smallest absolute Gasteiger partial charge is 0.107 e. The molecule has 1 atom stereocenters. The number of benzene rings is 2. The van der Waals surface area contributed by atoms with Crippen LogP contribution in [-0.2, 0) is 6.42 Å². The summed E-state index contributed by atoms with van der Waals surface area (Å²) in [5, 5.41) is 10.5. The van der Waals surface area contributed by atoms with Gasteiger partial charge in [-0.1, -0.05) is 60.7 Å². The van der Waals surface area contributed by atoms with Crippen molar-refractivity contribution in [1.82, 2.24) is 0 Å². The molecule has 0 fully saturated rings. The van der Waals surface area contributed by atoms with Gasteiger partial charge in [0.25, 0.3) is 0 Å². The zero-order valence-electron chi connectivity index (χ0n) is 11.1. The first kappa shape index (κ1) is 12.7. The number of aliphatic hydroxyl groups is 1. The highest BCUT2D eigenvalue weighted by atomic mass is 16.3. The normalized spacial score (nSPS) is 12.2. The fraction of sp³-hybridized carbons (Fsp3) is 0.111. The van der Waals surface area contributed by atoms with Gasteiger partial charge in [-0.05, 0) is 11.1 Å². The summed E-state index contributed by atoms with van der Waals surface area (Å²) in [6.45, 7) is 0. The molecule has 2 heteroatoms. The van der Waals surface area contributed by atoms with Crippen molar-refractivity contribution in [3.05, 3.63) is 95.4 Å². The molecule has 0 spiro atoms. The average Bonchev–Trinajstić information content (AvgIpc) is 2.96. The number of hydrogen-bond donors (Lipinski definition) is 1. The first-order valence-electron chi connectivity index (χ1n) is 6.66. The van der Waals surface area contributed by atoms with Crippen molar-refractivity contribution in [2.24, 2.45) is 0 Å². The molecular weight excluding hydrogens is 248 g/mol. The van der Waals surface area contributed by atoms with E-state index in [9.17, 15) is 5.11 Å². The lowest BCUT2D eigenvalue weighted by Crippen LogP contribution is -2.01. The molecule has 0 bridgehead atoms. The van der Waals surface area contributed by atoms with E-state index in [0.29, 0.717) is 0 Å². The van der Waals surface area contributed by atoms with E-state index in [1.54, 1.807) is 12.5 Å². The first-order chi connectivity index (χ1) is 9.84. The van der Waals surface area contributed by atoms with Crippen LogP contribution in [0.15, 0.2) is 77.6 Å². The Bertz CT molecular complexity index is 656. The van der Waals surface area contributed by atoms with Crippen LogP contribution in [0.1, 0.15) is 28.4 Å². The van der Waals surface area contributed by atoms with Gasteiger partial charge in [0.05, 0.1) is 12.5 Å². The second-order valence-corrected chi connectivity index (χ2v) is 4.83. The molecule has 20 heavy (non-hydrogen) atoms. The Kier molecular flexibility index (Phi) is 3.66. The lowest BCUT2D eigenvalue weighted by molar-refractivity contribution is 0.218. The highest BCUT2D eigenvalue weighted by Gasteiger charge is 2.16. The summed E-state index contributed by atoms with van der Waals surface area (Å²) in [5.41, 5.74) is 3.94. The van der Waals surface area contributed by atoms with Crippen molar-refractivity contribution in [3.63, 3.8) is 0 Å². The Hall–Kier alpha value is -2.32. The summed E-state index contributed by atoms with van der Waals surface area (Å²) >= 11 is 0. The van der Waals surface area contributed by atoms with Crippen molar-refractivity contribution in [3.8, 4) is 0 Å². The fourth-order valence-corrected chi connectivity index (χ4v) is 2.35. The van der Waals surface area contributed by atoms with Gasteiger partial charge in [-0.25, -0.2) is 0 Å². The quantitative estimate of drug-likeness (QED) is 0.774. The lowest BCUT2D eigenvalue weighted by atomic mass is 9.97. The summed E-state index contributed by atoms with van der Waals surface area (Å²) in [4.78, 5) is 0. The van der Waals surface area contributed by atoms with E-state index >= 15 is 0 Å². The maximum absolute atomic E-state index is 10.5. The van der Waals surface area contributed by atoms with E-state index in [0.717, 1.165) is 23.1 Å². The van der Waals surface area contributed by atoms with Gasteiger partial charge in [0.15, 0.2) is 0 Å². The van der Waals surface area contributed by atoms with Gasteiger partial charge in [0.2, 0.25) is 0 Å². The number of hydrogen-bond acceptors (Lipinski definition) is 2. The molecule has 0 radical (unpaired) electrons. The standard InChI is InChI=1S/C18H16O2/c19-18(15-9-5-2-6-10-15)17-13-20-12-16(17)11-14-7-3-1-4-8-14/h1-10,12-13,18-19H,11H2. The van der Waals surface area contributed by atoms with E-state index in [-0.39, 0.29) is 0 Å². The SMILES string of the molecule is OC(c1ccccc1)c1cocc1Cc1ccccc1. The number of aliphatic hydroxyl groups excluding tert-OH is 1. The third-order valence-corrected chi connectivity index (χ3v) is 3.42. The third kappa shape index (κ3) is 2.65. The first-order valence-corrected chi connectivity index (χ1v) is 6.66. The van der Waals surface area contributed by atoms with Gasteiger partial charge in [0, 0.05) is 17.5 Å². The van der Waals surface area contributed by atoms with E-state index in [2.05, 4.69) is 12.1 Å². The van der Waals surface area contributed by atoms with Crippen molar-refractivity contribution in [2.45, 2.75) is 12.5 Å². The van der Waals surface area contributed by atoms with Gasteiger partial charge in [0.1, 0.15) is 6.10 Å². The van der Waals surface area contributed by atoms with E-state index in [1.807, 2.05) is 48.5 Å². The number of rotatable bonds is 4. The van der Waals surface area contributed by atoms with Crippen molar-refractivity contribution >= 4 is 0 Å². The Morgan fingerprint density at radius 2 is 1.50 bits per heavy atom. The molecule has 3 aromatic rings. The van der Waals surface area contributed by atoms with Crippen LogP contribution < -0.4 is 0 Å². The molecule has 100 valence electrons. The zero-order chi connectivity index (χ0) is 13.8. The molecule has 1 N–H and O–H groups in total. The largest absolute Gasteiger partial charge is 0.472 e. The molecule has 0 saturated carbocycles. The molecule has 0 aliphatic carbocycles. The van der Waals surface area contributed by atoms with Crippen LogP contribution >= 0.6 is 0 Å². The van der Waals surface area contributed by atoms with Gasteiger partial charge in [-0.3, -0.25) is 0 Å². The number of furan rings is 1. The molecule has 3 rings (SSSR count). The predicted molar refractivity (Wildman–Crippen MR) is 78.5 cm³/mol. The fourth-order valence-electron chi connectivity index (χ4n) is 2.35. The van der Waals surface area contributed by atoms with Gasteiger partial charge >= 0.3 is 0 Å². The Balaban J connectivity index is 1.87. The van der Waals surface area contributed by atoms with Crippen LogP contribution in [0.5, 0.6) is 0 Å². The van der Waals surface area contributed by atoms with Crippen molar-refractivity contribution in [2.75, 3.05) is 0 Å². The van der Waals surface area contributed by atoms with Crippen LogP contribution in [0.3, 0.4) is 0 Å². The predicted octanol–water partition coefficient (Wildman–Crippen LogP) is 3.95. The summed E-state index contributed by atoms with van der Waals surface area (Å²) in [5.74, 6) is 0. The molecule has 2 nitrogen and oxygen atoms in total. The second kappa shape index (κ2) is 5.76. The highest BCUT2D eigenvalue weighted by molar-refractivity contribution is 5.35. The maximum Gasteiger partial charge on any atom is 0.107 e. The van der Waals surface area contributed by atoms with Crippen LogP contribution in [-0.4, -0.2) is 5.11 Å². The molecule has 0 aliphatic heterocycles. The van der Waals surface area contributed by atoms with E-state index < -0.39 is 6.10 Å². The second-order valence-electron chi connectivity index (χ2n) is 4.83. The Labute approximate surface area is 118 Å². The highest BCUT2D eigenvalue weighted by Crippen LogP contribution is 2.27. The van der Waals surface area contributed by atoms with Gasteiger partial charge < -0.3 is 9.52 Å². The minimum Gasteiger partial charge on any atom is -0.472 e. The minimum absolute atomic E-state index is 0.645. The molecule has 0 aliphatic rings. The summed E-state index contributed by atoms with van der Waals surface area (Å²) in [7, 11) is 0. The average molecular weight is 264 g/mol. The summed E-state index contributed by atoms with van der Waals surface area (Å²) < 4.78 is 5.30. The summed E-state index contributed by atoms with van der Waals surface area (Å²) in [6.07, 6.45) is 3.47. The van der Waals surface area contributed by atoms with Crippen LogP contribution in [0, 0.1) is 0 Å². The van der Waals surface area contributed by atoms with E-state index in [4.69, 9.17) is 4.42 Å². The molecule has 0 saturated heterocycles. The third-order valence-electron chi connectivity index (χ3n) is 3.42. The van der Waals surface area contributed by atoms with E-state index in [1.165, 1.54) is 5.56 Å². The van der Waals surface area contributed by atoms with Gasteiger partial charge in [-0.2, -0.15) is 0 Å². The monoisotopic (exact) mass is 264 g/mol. The molecule has 2 aromatic carbocycles. The van der Waals surface area contributed by atoms with Crippen molar-refractivity contribution < 1.29 is 9.52 Å². The van der Waals surface area contributed by atoms with Crippen LogP contribution in [0.4, 0.5) is 0 Å². The van der Waals surface area contributed by atoms with Crippen LogP contribution in [0.2, 0.25) is 0 Å². The minimum atomic E-state index is -0.645.